The van der Waals surface area contributed by atoms with E-state index in [1.165, 1.54) is 4.90 Å². The summed E-state index contributed by atoms with van der Waals surface area (Å²) >= 11 is 3.33. The molecular weight excluding hydrogens is 422 g/mol. The van der Waals surface area contributed by atoms with Crippen LogP contribution in [0.1, 0.15) is 18.4 Å². The number of hydrogen-bond donors (Lipinski definition) is 0. The second-order valence-electron chi connectivity index (χ2n) is 7.03. The van der Waals surface area contributed by atoms with Crippen LogP contribution in [0.2, 0.25) is 0 Å². The smallest absolute Gasteiger partial charge is 0.229 e. The molecule has 2 aromatic carbocycles. The Bertz CT molecular complexity index is 915. The normalized spacial score (nSPS) is 10.9. The summed E-state index contributed by atoms with van der Waals surface area (Å²) in [6.07, 6.45) is 1.44. The number of thioether (sulfide) groups is 1. The van der Waals surface area contributed by atoms with Crippen LogP contribution >= 0.6 is 35.5 Å². The van der Waals surface area contributed by atoms with Crippen molar-refractivity contribution in [2.45, 2.75) is 24.7 Å². The van der Waals surface area contributed by atoms with E-state index in [-0.39, 0.29) is 18.3 Å². The summed E-state index contributed by atoms with van der Waals surface area (Å²) in [6.45, 7) is 3.72. The van der Waals surface area contributed by atoms with Crippen molar-refractivity contribution in [2.24, 2.45) is 0 Å². The van der Waals surface area contributed by atoms with Crippen molar-refractivity contribution in [3.8, 4) is 0 Å². The van der Waals surface area contributed by atoms with Crippen LogP contribution in [-0.4, -0.2) is 48.7 Å². The highest BCUT2D eigenvalue weighted by atomic mass is 35.5. The molecular formula is C22H28ClN3OS2. The van der Waals surface area contributed by atoms with E-state index in [0.29, 0.717) is 13.0 Å². The molecule has 0 unspecified atom stereocenters. The number of rotatable bonds is 9. The lowest BCUT2D eigenvalue weighted by atomic mass is 10.2. The number of thiazole rings is 1. The minimum absolute atomic E-state index is 0. The van der Waals surface area contributed by atoms with Crippen LogP contribution < -0.4 is 4.90 Å². The fraction of sp³-hybridized carbons (Fsp3) is 0.364. The standard InChI is InChI=1S/C22H27N3OS2.ClH/c1-17-9-7-12-19-21(17)23-22(28-19)25(15-8-14-24(2)3)20(26)13-16-27-18-10-5-4-6-11-18;/h4-7,9-12H,8,13-16H2,1-3H3;1H. The summed E-state index contributed by atoms with van der Waals surface area (Å²) in [5.74, 6) is 0.927. The Labute approximate surface area is 187 Å². The highest BCUT2D eigenvalue weighted by molar-refractivity contribution is 7.99. The Kier molecular flexibility index (Phi) is 9.43. The number of benzene rings is 2. The molecule has 0 saturated carbocycles. The van der Waals surface area contributed by atoms with Gasteiger partial charge in [0.1, 0.15) is 0 Å². The zero-order valence-corrected chi connectivity index (χ0v) is 19.6. The lowest BCUT2D eigenvalue weighted by molar-refractivity contribution is -0.118. The van der Waals surface area contributed by atoms with Crippen LogP contribution in [0.5, 0.6) is 0 Å². The van der Waals surface area contributed by atoms with Gasteiger partial charge < -0.3 is 4.90 Å². The quantitative estimate of drug-likeness (QED) is 0.404. The topological polar surface area (TPSA) is 36.4 Å². The first-order chi connectivity index (χ1) is 13.5. The molecule has 0 radical (unpaired) electrons. The van der Waals surface area contributed by atoms with Crippen LogP contribution in [0, 0.1) is 6.92 Å². The van der Waals surface area contributed by atoms with Crippen molar-refractivity contribution in [1.82, 2.24) is 9.88 Å². The second-order valence-corrected chi connectivity index (χ2v) is 9.21. The third kappa shape index (κ3) is 6.71. The van der Waals surface area contributed by atoms with Crippen LogP contribution in [0.4, 0.5) is 5.13 Å². The molecule has 0 aliphatic carbocycles. The van der Waals surface area contributed by atoms with Gasteiger partial charge in [-0.25, -0.2) is 4.98 Å². The number of carbonyl (C=O) groups is 1. The van der Waals surface area contributed by atoms with Gasteiger partial charge in [0.05, 0.1) is 10.2 Å². The lowest BCUT2D eigenvalue weighted by Gasteiger charge is -2.21. The van der Waals surface area contributed by atoms with E-state index >= 15 is 0 Å². The van der Waals surface area contributed by atoms with E-state index in [0.717, 1.165) is 39.6 Å². The number of halogens is 1. The van der Waals surface area contributed by atoms with Gasteiger partial charge in [0.25, 0.3) is 0 Å². The van der Waals surface area contributed by atoms with Crippen molar-refractivity contribution < 1.29 is 4.79 Å². The fourth-order valence-electron chi connectivity index (χ4n) is 2.97. The monoisotopic (exact) mass is 449 g/mol. The van der Waals surface area contributed by atoms with Crippen molar-refractivity contribution in [2.75, 3.05) is 37.8 Å². The molecule has 3 aromatic rings. The summed E-state index contributed by atoms with van der Waals surface area (Å²) in [7, 11) is 4.12. The molecule has 0 aliphatic rings. The van der Waals surface area contributed by atoms with Crippen LogP contribution in [0.3, 0.4) is 0 Å². The van der Waals surface area contributed by atoms with Gasteiger partial charge in [-0.05, 0) is 57.7 Å². The number of para-hydroxylation sites is 1. The molecule has 7 heteroatoms. The van der Waals surface area contributed by atoms with E-state index in [2.05, 4.69) is 50.2 Å². The minimum Gasteiger partial charge on any atom is -0.309 e. The van der Waals surface area contributed by atoms with Gasteiger partial charge >= 0.3 is 0 Å². The van der Waals surface area contributed by atoms with Gasteiger partial charge in [-0.15, -0.1) is 24.2 Å². The SMILES string of the molecule is Cc1cccc2sc(N(CCCN(C)C)C(=O)CCSc3ccccc3)nc12.Cl. The molecule has 0 N–H and O–H groups in total. The number of amides is 1. The predicted molar refractivity (Wildman–Crippen MR) is 129 cm³/mol. The minimum atomic E-state index is 0. The summed E-state index contributed by atoms with van der Waals surface area (Å²) in [5, 5.41) is 0.817. The van der Waals surface area contributed by atoms with E-state index < -0.39 is 0 Å². The Morgan fingerprint density at radius 1 is 1.07 bits per heavy atom. The van der Waals surface area contributed by atoms with Crippen molar-refractivity contribution in [3.63, 3.8) is 0 Å². The summed E-state index contributed by atoms with van der Waals surface area (Å²) in [4.78, 5) is 23.1. The fourth-order valence-corrected chi connectivity index (χ4v) is 4.92. The molecule has 29 heavy (non-hydrogen) atoms. The number of carbonyl (C=O) groups excluding carboxylic acids is 1. The van der Waals surface area contributed by atoms with Crippen LogP contribution in [0.15, 0.2) is 53.4 Å². The highest BCUT2D eigenvalue weighted by Crippen LogP contribution is 2.31. The molecule has 0 fully saturated rings. The van der Waals surface area contributed by atoms with Gasteiger partial charge in [0, 0.05) is 23.6 Å². The molecule has 3 rings (SSSR count). The number of hydrogen-bond acceptors (Lipinski definition) is 5. The molecule has 0 spiro atoms. The molecule has 0 atom stereocenters. The zero-order valence-electron chi connectivity index (χ0n) is 17.1. The molecule has 0 aliphatic heterocycles. The predicted octanol–water partition coefficient (Wildman–Crippen LogP) is 5.49. The van der Waals surface area contributed by atoms with Gasteiger partial charge in [-0.3, -0.25) is 9.69 Å². The highest BCUT2D eigenvalue weighted by Gasteiger charge is 2.20. The third-order valence-corrected chi connectivity index (χ3v) is 6.51. The van der Waals surface area contributed by atoms with E-state index in [4.69, 9.17) is 4.98 Å². The van der Waals surface area contributed by atoms with Crippen molar-refractivity contribution in [3.05, 3.63) is 54.1 Å². The van der Waals surface area contributed by atoms with E-state index in [1.807, 2.05) is 29.2 Å². The van der Waals surface area contributed by atoms with Gasteiger partial charge in [0.2, 0.25) is 5.91 Å². The largest absolute Gasteiger partial charge is 0.309 e. The molecule has 4 nitrogen and oxygen atoms in total. The first-order valence-corrected chi connectivity index (χ1v) is 11.3. The Morgan fingerprint density at radius 2 is 1.83 bits per heavy atom. The molecule has 1 aromatic heterocycles. The summed E-state index contributed by atoms with van der Waals surface area (Å²) in [5.41, 5.74) is 2.16. The number of anilines is 1. The Balaban J connectivity index is 0.00000300. The second kappa shape index (κ2) is 11.6. The number of aromatic nitrogens is 1. The van der Waals surface area contributed by atoms with Gasteiger partial charge in [-0.2, -0.15) is 0 Å². The van der Waals surface area contributed by atoms with E-state index in [1.54, 1.807) is 23.1 Å². The zero-order chi connectivity index (χ0) is 19.9. The van der Waals surface area contributed by atoms with Gasteiger partial charge in [-0.1, -0.05) is 41.7 Å². The Morgan fingerprint density at radius 3 is 2.52 bits per heavy atom. The summed E-state index contributed by atoms with van der Waals surface area (Å²) in [6, 6.07) is 16.4. The van der Waals surface area contributed by atoms with E-state index in [9.17, 15) is 4.79 Å². The molecule has 156 valence electrons. The number of nitrogens with zero attached hydrogens (tertiary/aromatic N) is 3. The lowest BCUT2D eigenvalue weighted by Crippen LogP contribution is -2.33. The maximum Gasteiger partial charge on any atom is 0.229 e. The first-order valence-electron chi connectivity index (χ1n) is 9.53. The molecule has 1 amide bonds. The van der Waals surface area contributed by atoms with Crippen molar-refractivity contribution in [1.29, 1.82) is 0 Å². The maximum absolute atomic E-state index is 13.0. The molecule has 0 bridgehead atoms. The van der Waals surface area contributed by atoms with Crippen LogP contribution in [0.25, 0.3) is 10.2 Å². The average Bonchev–Trinajstić information content (AvgIpc) is 3.11. The Hall–Kier alpha value is -1.60. The molecule has 0 saturated heterocycles. The first kappa shape index (κ1) is 23.7. The number of fused-ring (bicyclic) bond motifs is 1. The molecule has 1 heterocycles. The third-order valence-electron chi connectivity index (χ3n) is 4.46. The summed E-state index contributed by atoms with van der Waals surface area (Å²) < 4.78 is 1.14. The maximum atomic E-state index is 13.0. The van der Waals surface area contributed by atoms with Crippen molar-refractivity contribution >= 4 is 56.8 Å². The average molecular weight is 450 g/mol. The van der Waals surface area contributed by atoms with Crippen LogP contribution in [-0.2, 0) is 4.79 Å². The van der Waals surface area contributed by atoms with Gasteiger partial charge in [0.15, 0.2) is 5.13 Å². The number of aryl methyl sites for hydroxylation is 1.